The minimum absolute atomic E-state index is 0.0370. The zero-order chi connectivity index (χ0) is 28.5. The average molecular weight is 545 g/mol. The lowest BCUT2D eigenvalue weighted by atomic mass is 9.81. The summed E-state index contributed by atoms with van der Waals surface area (Å²) in [7, 11) is 1.26. The molecule has 0 fully saturated rings. The largest absolute Gasteiger partial charge is 0.493 e. The van der Waals surface area contributed by atoms with Crippen molar-refractivity contribution in [2.75, 3.05) is 13.7 Å². The van der Waals surface area contributed by atoms with Gasteiger partial charge in [0.15, 0.2) is 17.3 Å². The third-order valence-electron chi connectivity index (χ3n) is 6.83. The van der Waals surface area contributed by atoms with Crippen molar-refractivity contribution in [1.82, 2.24) is 4.98 Å². The quantitative estimate of drug-likeness (QED) is 0.361. The Hall–Kier alpha value is -4.12. The SMILES string of the molecule is COc1cc(C(=O)CC[C@](C)(O)c2cc3c(c(-c4ccc(F)cc4)n2)OC[C@]3(C)C(N)=O)ccc1OC(F)F. The number of hydrogen-bond donors (Lipinski definition) is 2. The van der Waals surface area contributed by atoms with Crippen molar-refractivity contribution in [3.63, 3.8) is 0 Å². The van der Waals surface area contributed by atoms with Crippen molar-refractivity contribution in [2.45, 2.75) is 44.3 Å². The molecule has 11 heteroatoms. The van der Waals surface area contributed by atoms with E-state index in [4.69, 9.17) is 15.2 Å². The molecule has 0 radical (unpaired) electrons. The molecule has 39 heavy (non-hydrogen) atoms. The van der Waals surface area contributed by atoms with Gasteiger partial charge in [-0.2, -0.15) is 8.78 Å². The van der Waals surface area contributed by atoms with Gasteiger partial charge in [0.2, 0.25) is 5.91 Å². The van der Waals surface area contributed by atoms with E-state index in [1.54, 1.807) is 6.92 Å². The number of aromatic nitrogens is 1. The van der Waals surface area contributed by atoms with Crippen LogP contribution in [0.2, 0.25) is 0 Å². The maximum absolute atomic E-state index is 13.6. The van der Waals surface area contributed by atoms with Gasteiger partial charge in [0.1, 0.15) is 34.9 Å². The number of carbonyl (C=O) groups is 2. The molecule has 2 aromatic carbocycles. The number of methoxy groups -OCH3 is 1. The van der Waals surface area contributed by atoms with E-state index in [-0.39, 0.29) is 48.0 Å². The van der Waals surface area contributed by atoms with Crippen LogP contribution in [-0.2, 0) is 15.8 Å². The monoisotopic (exact) mass is 544 g/mol. The molecular formula is C28H27F3N2O6. The standard InChI is InChI=1S/C28H27F3N2O6/c1-27(25(32)35)14-38-24-18(27)13-22(33-23(24)15-4-7-17(29)8-5-15)28(2,36)11-10-19(34)16-6-9-20(39-26(30)31)21(12-16)37-3/h4-9,12-13,26,36H,10-11,14H2,1-3H3,(H2,32,35)/t27-,28-/m0/s1. The van der Waals surface area contributed by atoms with Crippen LogP contribution in [0.15, 0.2) is 48.5 Å². The number of nitrogens with zero attached hydrogens (tertiary/aromatic N) is 1. The summed E-state index contributed by atoms with van der Waals surface area (Å²) in [5.74, 6) is -1.43. The summed E-state index contributed by atoms with van der Waals surface area (Å²) in [6.07, 6.45) is -0.217. The van der Waals surface area contributed by atoms with E-state index in [2.05, 4.69) is 9.72 Å². The van der Waals surface area contributed by atoms with Gasteiger partial charge in [-0.25, -0.2) is 9.37 Å². The van der Waals surface area contributed by atoms with Crippen molar-refractivity contribution >= 4 is 11.7 Å². The molecule has 0 unspecified atom stereocenters. The van der Waals surface area contributed by atoms with Crippen molar-refractivity contribution < 1.29 is 42.1 Å². The predicted octanol–water partition coefficient (Wildman–Crippen LogP) is 4.50. The van der Waals surface area contributed by atoms with Crippen molar-refractivity contribution in [2.24, 2.45) is 5.73 Å². The van der Waals surface area contributed by atoms with E-state index in [1.165, 1.54) is 62.6 Å². The van der Waals surface area contributed by atoms with E-state index in [0.29, 0.717) is 22.6 Å². The zero-order valence-corrected chi connectivity index (χ0v) is 21.5. The number of carbonyl (C=O) groups excluding carboxylic acids is 2. The molecule has 1 aliphatic rings. The van der Waals surface area contributed by atoms with Gasteiger partial charge in [0, 0.05) is 23.1 Å². The van der Waals surface area contributed by atoms with E-state index in [1.807, 2.05) is 0 Å². The number of primary amides is 1. The van der Waals surface area contributed by atoms with Crippen molar-refractivity contribution in [3.05, 3.63) is 71.2 Å². The molecule has 0 saturated carbocycles. The van der Waals surface area contributed by atoms with E-state index in [9.17, 15) is 27.9 Å². The number of rotatable bonds is 10. The smallest absolute Gasteiger partial charge is 0.387 e. The van der Waals surface area contributed by atoms with Gasteiger partial charge in [-0.3, -0.25) is 9.59 Å². The molecular weight excluding hydrogens is 517 g/mol. The lowest BCUT2D eigenvalue weighted by Gasteiger charge is -2.26. The maximum atomic E-state index is 13.6. The molecule has 3 N–H and O–H groups in total. The second-order valence-corrected chi connectivity index (χ2v) is 9.67. The van der Waals surface area contributed by atoms with Crippen LogP contribution >= 0.6 is 0 Å². The van der Waals surface area contributed by atoms with Crippen LogP contribution < -0.4 is 19.9 Å². The number of ether oxygens (including phenoxy) is 3. The Kier molecular flexibility index (Phi) is 7.56. The highest BCUT2D eigenvalue weighted by Crippen LogP contribution is 2.46. The molecule has 0 aliphatic carbocycles. The number of pyridine rings is 1. The van der Waals surface area contributed by atoms with Crippen LogP contribution in [0.3, 0.4) is 0 Å². The fourth-order valence-corrected chi connectivity index (χ4v) is 4.33. The Morgan fingerprint density at radius 1 is 1.18 bits per heavy atom. The molecule has 8 nitrogen and oxygen atoms in total. The van der Waals surface area contributed by atoms with Crippen LogP contribution in [-0.4, -0.2) is 42.1 Å². The Balaban J connectivity index is 1.65. The van der Waals surface area contributed by atoms with Gasteiger partial charge in [-0.1, -0.05) is 0 Å². The number of alkyl halides is 2. The summed E-state index contributed by atoms with van der Waals surface area (Å²) in [6, 6.07) is 10.8. The predicted molar refractivity (Wildman–Crippen MR) is 134 cm³/mol. The Morgan fingerprint density at radius 2 is 1.87 bits per heavy atom. The van der Waals surface area contributed by atoms with Gasteiger partial charge in [-0.15, -0.1) is 0 Å². The molecule has 1 aromatic heterocycles. The minimum atomic E-state index is -3.06. The normalized spacial score (nSPS) is 17.7. The van der Waals surface area contributed by atoms with Crippen molar-refractivity contribution in [1.29, 1.82) is 0 Å². The summed E-state index contributed by atoms with van der Waals surface area (Å²) in [5, 5.41) is 11.4. The molecule has 206 valence electrons. The average Bonchev–Trinajstić information content (AvgIpc) is 3.25. The summed E-state index contributed by atoms with van der Waals surface area (Å²) in [6.45, 7) is -0.00460. The van der Waals surface area contributed by atoms with Crippen molar-refractivity contribution in [3.8, 4) is 28.5 Å². The van der Waals surface area contributed by atoms with Gasteiger partial charge in [0.05, 0.1) is 12.8 Å². The first-order chi connectivity index (χ1) is 18.4. The molecule has 0 saturated heterocycles. The highest BCUT2D eigenvalue weighted by atomic mass is 19.3. The number of aliphatic hydroxyl groups is 1. The van der Waals surface area contributed by atoms with E-state index in [0.717, 1.165) is 0 Å². The van der Waals surface area contributed by atoms with Gasteiger partial charge >= 0.3 is 6.61 Å². The fourth-order valence-electron chi connectivity index (χ4n) is 4.33. The number of nitrogens with two attached hydrogens (primary N) is 1. The zero-order valence-electron chi connectivity index (χ0n) is 21.5. The molecule has 2 heterocycles. The van der Waals surface area contributed by atoms with Crippen LogP contribution in [0.1, 0.15) is 48.3 Å². The van der Waals surface area contributed by atoms with Crippen LogP contribution in [0, 0.1) is 5.82 Å². The molecule has 0 bridgehead atoms. The maximum Gasteiger partial charge on any atom is 0.387 e. The highest BCUT2D eigenvalue weighted by molar-refractivity contribution is 5.96. The summed E-state index contributed by atoms with van der Waals surface area (Å²) in [4.78, 5) is 29.9. The first-order valence-corrected chi connectivity index (χ1v) is 12.0. The second-order valence-electron chi connectivity index (χ2n) is 9.67. The number of amides is 1. The summed E-state index contributed by atoms with van der Waals surface area (Å²) >= 11 is 0. The number of ketones is 1. The lowest BCUT2D eigenvalue weighted by Crippen LogP contribution is -2.40. The number of Topliss-reactive ketones (excluding diaryl/α,β-unsaturated/α-hetero) is 1. The summed E-state index contributed by atoms with van der Waals surface area (Å²) in [5.41, 5.74) is 4.37. The fraction of sp³-hybridized carbons (Fsp3) is 0.321. The van der Waals surface area contributed by atoms with Crippen LogP contribution in [0.25, 0.3) is 11.3 Å². The topological polar surface area (TPSA) is 121 Å². The van der Waals surface area contributed by atoms with E-state index < -0.39 is 29.4 Å². The van der Waals surface area contributed by atoms with Gasteiger partial charge in [0.25, 0.3) is 0 Å². The Labute approximate surface area is 222 Å². The molecule has 2 atom stereocenters. The Bertz CT molecular complexity index is 1410. The van der Waals surface area contributed by atoms with E-state index >= 15 is 0 Å². The molecule has 1 amide bonds. The number of halogens is 3. The van der Waals surface area contributed by atoms with Crippen LogP contribution in [0.5, 0.6) is 17.2 Å². The number of hydrogen-bond acceptors (Lipinski definition) is 7. The third-order valence-corrected chi connectivity index (χ3v) is 6.83. The van der Waals surface area contributed by atoms with Crippen LogP contribution in [0.4, 0.5) is 13.2 Å². The first kappa shape index (κ1) is 27.9. The molecule has 1 aliphatic heterocycles. The molecule has 4 rings (SSSR count). The number of benzene rings is 2. The number of fused-ring (bicyclic) bond motifs is 1. The minimum Gasteiger partial charge on any atom is -0.493 e. The lowest BCUT2D eigenvalue weighted by molar-refractivity contribution is -0.123. The van der Waals surface area contributed by atoms with Gasteiger partial charge < -0.3 is 25.1 Å². The van der Waals surface area contributed by atoms with Gasteiger partial charge in [-0.05, 0) is 68.8 Å². The molecule has 0 spiro atoms. The summed E-state index contributed by atoms with van der Waals surface area (Å²) < 4.78 is 54.0. The second kappa shape index (κ2) is 10.6. The first-order valence-electron chi connectivity index (χ1n) is 12.0. The highest BCUT2D eigenvalue weighted by Gasteiger charge is 2.45. The third kappa shape index (κ3) is 5.53. The molecule has 3 aromatic rings. The Morgan fingerprint density at radius 3 is 2.49 bits per heavy atom.